The predicted molar refractivity (Wildman–Crippen MR) is 157 cm³/mol. The second kappa shape index (κ2) is 10.3. The summed E-state index contributed by atoms with van der Waals surface area (Å²) in [5.41, 5.74) is 2.05. The molecule has 0 aromatic heterocycles. The zero-order chi connectivity index (χ0) is 30.0. The third kappa shape index (κ3) is 4.53. The van der Waals surface area contributed by atoms with Gasteiger partial charge in [-0.1, -0.05) is 44.2 Å². The first-order valence-electron chi connectivity index (χ1n) is 14.8. The van der Waals surface area contributed by atoms with Crippen LogP contribution >= 0.6 is 0 Å². The number of nitrogens with one attached hydrogen (secondary N) is 1. The van der Waals surface area contributed by atoms with E-state index in [0.717, 1.165) is 35.2 Å². The number of benzene rings is 2. The van der Waals surface area contributed by atoms with Gasteiger partial charge in [0.2, 0.25) is 10.0 Å². The van der Waals surface area contributed by atoms with Crippen molar-refractivity contribution in [2.45, 2.75) is 94.8 Å². The topological polar surface area (TPSA) is 111 Å². The first-order chi connectivity index (χ1) is 19.9. The molecule has 226 valence electrons. The van der Waals surface area contributed by atoms with Gasteiger partial charge in [-0.25, -0.2) is 13.1 Å². The number of carbonyl (C=O) groups excluding carboxylic acids is 2. The summed E-state index contributed by atoms with van der Waals surface area (Å²) in [5, 5.41) is 0. The predicted octanol–water partition coefficient (Wildman–Crippen LogP) is 3.65. The number of piperidine rings is 1. The van der Waals surface area contributed by atoms with Gasteiger partial charge in [-0.15, -0.1) is 0 Å². The number of carbonyl (C=O) groups is 2. The normalized spacial score (nSPS) is 29.5. The van der Waals surface area contributed by atoms with Gasteiger partial charge in [-0.3, -0.25) is 14.5 Å². The molecule has 1 saturated carbocycles. The van der Waals surface area contributed by atoms with Crippen molar-refractivity contribution in [2.24, 2.45) is 5.92 Å². The van der Waals surface area contributed by atoms with E-state index in [0.29, 0.717) is 43.1 Å². The summed E-state index contributed by atoms with van der Waals surface area (Å²) in [6.07, 6.45) is 2.32. The molecule has 2 aliphatic carbocycles. The third-order valence-electron chi connectivity index (χ3n) is 9.68. The molecule has 2 fully saturated rings. The highest BCUT2D eigenvalue weighted by molar-refractivity contribution is 7.88. The van der Waals surface area contributed by atoms with Crippen molar-refractivity contribution in [1.82, 2.24) is 9.62 Å². The number of sulfonamides is 1. The lowest BCUT2D eigenvalue weighted by Gasteiger charge is -2.64. The van der Waals surface area contributed by atoms with Crippen molar-refractivity contribution < 1.29 is 32.2 Å². The molecular weight excluding hydrogens is 556 g/mol. The Morgan fingerprint density at radius 2 is 1.83 bits per heavy atom. The van der Waals surface area contributed by atoms with Gasteiger partial charge in [0.1, 0.15) is 11.7 Å². The molecular formula is C32H40N2O7S. The molecule has 2 aromatic carbocycles. The number of likely N-dealkylation sites (tertiary alicyclic amines) is 1. The van der Waals surface area contributed by atoms with E-state index in [-0.39, 0.29) is 17.8 Å². The van der Waals surface area contributed by atoms with Crippen LogP contribution < -0.4 is 14.2 Å². The highest BCUT2D eigenvalue weighted by atomic mass is 32.2. The van der Waals surface area contributed by atoms with E-state index >= 15 is 0 Å². The first kappa shape index (κ1) is 29.1. The van der Waals surface area contributed by atoms with Gasteiger partial charge in [0.25, 0.3) is 0 Å². The van der Waals surface area contributed by atoms with Gasteiger partial charge >= 0.3 is 11.9 Å². The summed E-state index contributed by atoms with van der Waals surface area (Å²) in [7, 11) is -1.72. The molecule has 1 saturated heterocycles. The fourth-order valence-corrected chi connectivity index (χ4v) is 9.82. The van der Waals surface area contributed by atoms with Crippen molar-refractivity contribution in [3.63, 3.8) is 0 Å². The lowest BCUT2D eigenvalue weighted by atomic mass is 9.48. The second-order valence-corrected chi connectivity index (χ2v) is 14.6. The maximum absolute atomic E-state index is 13.8. The molecule has 0 amide bonds. The maximum Gasteiger partial charge on any atom is 0.308 e. The molecule has 4 aliphatic rings. The number of ether oxygens (including phenoxy) is 3. The fourth-order valence-electron chi connectivity index (χ4n) is 8.35. The van der Waals surface area contributed by atoms with Crippen LogP contribution in [-0.4, -0.2) is 62.6 Å². The Morgan fingerprint density at radius 3 is 2.52 bits per heavy atom. The molecule has 0 unspecified atom stereocenters. The Bertz CT molecular complexity index is 1540. The minimum atomic E-state index is -3.77. The van der Waals surface area contributed by atoms with E-state index in [4.69, 9.17) is 14.2 Å². The largest absolute Gasteiger partial charge is 0.483 e. The summed E-state index contributed by atoms with van der Waals surface area (Å²) in [6, 6.07) is 10.7. The van der Waals surface area contributed by atoms with Crippen LogP contribution in [0.15, 0.2) is 36.4 Å². The van der Waals surface area contributed by atoms with Crippen LogP contribution in [-0.2, 0) is 48.4 Å². The summed E-state index contributed by atoms with van der Waals surface area (Å²) >= 11 is 0. The van der Waals surface area contributed by atoms with Gasteiger partial charge < -0.3 is 14.2 Å². The van der Waals surface area contributed by atoms with Gasteiger partial charge in [-0.2, -0.15) is 0 Å². The molecule has 42 heavy (non-hydrogen) atoms. The van der Waals surface area contributed by atoms with E-state index in [1.165, 1.54) is 13.8 Å². The number of hydrogen-bond acceptors (Lipinski definition) is 8. The second-order valence-electron chi connectivity index (χ2n) is 12.9. The summed E-state index contributed by atoms with van der Waals surface area (Å²) in [4.78, 5) is 27.0. The van der Waals surface area contributed by atoms with Crippen LogP contribution in [0.3, 0.4) is 0 Å². The number of hydrogen-bond donors (Lipinski definition) is 1. The van der Waals surface area contributed by atoms with Crippen molar-refractivity contribution in [3.05, 3.63) is 58.7 Å². The molecule has 9 nitrogen and oxygen atoms in total. The maximum atomic E-state index is 13.8. The summed E-state index contributed by atoms with van der Waals surface area (Å²) < 4.78 is 49.3. The third-order valence-corrected chi connectivity index (χ3v) is 11.0. The van der Waals surface area contributed by atoms with Crippen molar-refractivity contribution in [1.29, 1.82) is 0 Å². The van der Waals surface area contributed by atoms with Crippen molar-refractivity contribution in [2.75, 3.05) is 13.6 Å². The number of likely N-dealkylation sites (N-methyl/N-ethyl adjacent to an activating group) is 1. The molecule has 1 spiro atoms. The zero-order valence-corrected chi connectivity index (χ0v) is 25.8. The lowest BCUT2D eigenvalue weighted by molar-refractivity contribution is -0.215. The van der Waals surface area contributed by atoms with Crippen molar-refractivity contribution >= 4 is 22.0 Å². The van der Waals surface area contributed by atoms with Gasteiger partial charge in [0.15, 0.2) is 11.5 Å². The average Bonchev–Trinajstić information content (AvgIpc) is 3.25. The summed E-state index contributed by atoms with van der Waals surface area (Å²) in [6.45, 7) is 7.74. The Morgan fingerprint density at radius 1 is 1.10 bits per heavy atom. The highest BCUT2D eigenvalue weighted by Gasteiger charge is 2.75. The molecule has 2 aromatic rings. The lowest BCUT2D eigenvalue weighted by Crippen LogP contribution is -2.78. The zero-order valence-electron chi connectivity index (χ0n) is 24.9. The Kier molecular flexibility index (Phi) is 7.18. The summed E-state index contributed by atoms with van der Waals surface area (Å²) in [5.74, 6) is 0.182. The van der Waals surface area contributed by atoms with Crippen LogP contribution in [0.2, 0.25) is 0 Å². The van der Waals surface area contributed by atoms with Crippen LogP contribution in [0.1, 0.15) is 69.2 Å². The Hall–Kier alpha value is -2.95. The molecule has 0 radical (unpaired) electrons. The van der Waals surface area contributed by atoms with E-state index < -0.39 is 39.2 Å². The Labute approximate surface area is 247 Å². The van der Waals surface area contributed by atoms with Crippen LogP contribution in [0, 0.1) is 5.92 Å². The van der Waals surface area contributed by atoms with E-state index in [2.05, 4.69) is 30.5 Å². The van der Waals surface area contributed by atoms with Crippen LogP contribution in [0.4, 0.5) is 0 Å². The van der Waals surface area contributed by atoms with Gasteiger partial charge in [0, 0.05) is 19.4 Å². The molecule has 2 bridgehead atoms. The molecule has 6 rings (SSSR count). The SMILES string of the molecule is CC(=O)Oc1ccc2c3c1O[C@H]1[C@H](NS(=O)(=O)Cc4ccccc4CC(C)C)CC[C@@]4(OC(C)=O)[C@@H](C2)N(C)CC[C@]314. The molecule has 1 N–H and O–H groups in total. The molecule has 2 aliphatic heterocycles. The monoisotopic (exact) mass is 596 g/mol. The number of esters is 2. The van der Waals surface area contributed by atoms with E-state index in [1.807, 2.05) is 30.3 Å². The average molecular weight is 597 g/mol. The minimum absolute atomic E-state index is 0.0975. The minimum Gasteiger partial charge on any atom is -0.483 e. The van der Waals surface area contributed by atoms with Gasteiger partial charge in [-0.05, 0) is 74.4 Å². The standard InChI is InChI=1S/C32H40N2O7S/c1-19(2)16-22-8-6-7-9-24(22)18-42(37,38)33-25-12-13-32(41-21(4)36)27-17-23-10-11-26(39-20(3)35)29-28(23)31(32,30(25)40-29)14-15-34(27)5/h6-11,19,25,27,30,33H,12-18H2,1-5H3/t25-,27-,30+,31+,32-/m1/s1. The highest BCUT2D eigenvalue weighted by Crippen LogP contribution is 2.66. The molecule has 10 heteroatoms. The van der Waals surface area contributed by atoms with Crippen molar-refractivity contribution in [3.8, 4) is 11.5 Å². The van der Waals surface area contributed by atoms with Gasteiger partial charge in [0.05, 0.1) is 23.3 Å². The smallest absolute Gasteiger partial charge is 0.308 e. The first-order valence-corrected chi connectivity index (χ1v) is 16.5. The van der Waals surface area contributed by atoms with Crippen LogP contribution in [0.25, 0.3) is 0 Å². The number of rotatable bonds is 8. The van der Waals surface area contributed by atoms with E-state index in [9.17, 15) is 18.0 Å². The fraction of sp³-hybridized carbons (Fsp3) is 0.562. The molecule has 2 heterocycles. The quantitative estimate of drug-likeness (QED) is 0.363. The van der Waals surface area contributed by atoms with Crippen LogP contribution in [0.5, 0.6) is 11.5 Å². The molecule has 5 atom stereocenters. The van der Waals surface area contributed by atoms with E-state index in [1.54, 1.807) is 6.07 Å². The Balaban J connectivity index is 1.43. The number of nitrogens with zero attached hydrogens (tertiary/aromatic N) is 1.